The summed E-state index contributed by atoms with van der Waals surface area (Å²) in [5, 5.41) is 0. The SMILES string of the molecule is C=CC[N+](=C)C(=O)CP(=O)(OCC)OCC. The van der Waals surface area contributed by atoms with E-state index in [1.165, 1.54) is 10.7 Å². The molecule has 1 amide bonds. The van der Waals surface area contributed by atoms with Crippen LogP contribution in [0.15, 0.2) is 12.7 Å². The van der Waals surface area contributed by atoms with Gasteiger partial charge < -0.3 is 9.05 Å². The summed E-state index contributed by atoms with van der Waals surface area (Å²) < 4.78 is 23.2. The van der Waals surface area contributed by atoms with Crippen LogP contribution in [-0.2, 0) is 18.4 Å². The molecule has 0 unspecified atom stereocenters. The molecule has 92 valence electrons. The highest BCUT2D eigenvalue weighted by Crippen LogP contribution is 2.47. The lowest BCUT2D eigenvalue weighted by Crippen LogP contribution is -2.23. The molecule has 0 atom stereocenters. The molecule has 0 spiro atoms. The van der Waals surface area contributed by atoms with E-state index in [2.05, 4.69) is 13.3 Å². The van der Waals surface area contributed by atoms with Crippen LogP contribution in [0.1, 0.15) is 13.8 Å². The molecule has 0 saturated carbocycles. The highest BCUT2D eigenvalue weighted by Gasteiger charge is 2.32. The van der Waals surface area contributed by atoms with E-state index in [9.17, 15) is 9.36 Å². The molecule has 16 heavy (non-hydrogen) atoms. The Balaban J connectivity index is 4.51. The predicted molar refractivity (Wildman–Crippen MR) is 63.2 cm³/mol. The Kier molecular flexibility index (Phi) is 7.13. The van der Waals surface area contributed by atoms with E-state index in [4.69, 9.17) is 9.05 Å². The average Bonchev–Trinajstić information content (AvgIpc) is 2.18. The van der Waals surface area contributed by atoms with E-state index in [1.807, 2.05) is 0 Å². The Hall–Kier alpha value is -0.770. The summed E-state index contributed by atoms with van der Waals surface area (Å²) in [5.74, 6) is -0.384. The van der Waals surface area contributed by atoms with Gasteiger partial charge in [-0.2, -0.15) is 4.58 Å². The zero-order valence-electron chi connectivity index (χ0n) is 9.85. The van der Waals surface area contributed by atoms with Gasteiger partial charge in [-0.15, -0.1) is 0 Å². The van der Waals surface area contributed by atoms with Crippen LogP contribution >= 0.6 is 7.60 Å². The molecule has 0 saturated heterocycles. The van der Waals surface area contributed by atoms with Gasteiger partial charge in [0.1, 0.15) is 6.72 Å². The van der Waals surface area contributed by atoms with Crippen LogP contribution < -0.4 is 0 Å². The Morgan fingerprint density at radius 3 is 2.25 bits per heavy atom. The lowest BCUT2D eigenvalue weighted by Gasteiger charge is -2.14. The summed E-state index contributed by atoms with van der Waals surface area (Å²) in [5.41, 5.74) is 0. The third-order valence-corrected chi connectivity index (χ3v) is 3.64. The second-order valence-electron chi connectivity index (χ2n) is 3.01. The lowest BCUT2D eigenvalue weighted by atomic mass is 10.5. The van der Waals surface area contributed by atoms with Crippen molar-refractivity contribution in [2.75, 3.05) is 25.9 Å². The Labute approximate surface area is 96.3 Å². The van der Waals surface area contributed by atoms with Crippen LogP contribution in [0.4, 0.5) is 0 Å². The van der Waals surface area contributed by atoms with Crippen molar-refractivity contribution in [2.24, 2.45) is 0 Å². The van der Waals surface area contributed by atoms with Crippen molar-refractivity contribution in [1.29, 1.82) is 0 Å². The minimum Gasteiger partial charge on any atom is -0.308 e. The van der Waals surface area contributed by atoms with E-state index in [1.54, 1.807) is 13.8 Å². The number of carbonyl (C=O) groups excluding carboxylic acids is 1. The second-order valence-corrected chi connectivity index (χ2v) is 5.06. The first-order valence-electron chi connectivity index (χ1n) is 5.09. The van der Waals surface area contributed by atoms with Crippen molar-refractivity contribution in [2.45, 2.75) is 13.8 Å². The molecule has 0 heterocycles. The first-order chi connectivity index (χ1) is 7.49. The van der Waals surface area contributed by atoms with E-state index in [0.717, 1.165) is 0 Å². The van der Waals surface area contributed by atoms with Gasteiger partial charge in [-0.25, -0.2) is 4.79 Å². The van der Waals surface area contributed by atoms with Crippen LogP contribution in [0.5, 0.6) is 0 Å². The molecule has 6 heteroatoms. The number of hydrogen-bond donors (Lipinski definition) is 0. The number of hydrogen-bond acceptors (Lipinski definition) is 4. The van der Waals surface area contributed by atoms with Gasteiger partial charge in [0, 0.05) is 0 Å². The third kappa shape index (κ3) is 5.35. The summed E-state index contributed by atoms with van der Waals surface area (Å²) in [7, 11) is -3.32. The maximum absolute atomic E-state index is 12.0. The molecular formula is C10H19NO4P+. The third-order valence-electron chi connectivity index (χ3n) is 1.68. The molecule has 0 aromatic carbocycles. The predicted octanol–water partition coefficient (Wildman–Crippen LogP) is 1.68. The van der Waals surface area contributed by atoms with E-state index < -0.39 is 7.60 Å². The molecule has 0 aromatic rings. The van der Waals surface area contributed by atoms with Crippen molar-refractivity contribution < 1.29 is 23.0 Å². The standard InChI is InChI=1S/C10H19NO4P/c1-5-8-11(4)10(12)9-16(13,14-6-2)15-7-3/h5H,1,4,6-9H2,2-3H3/q+1. The molecule has 0 aliphatic heterocycles. The minimum atomic E-state index is -3.32. The second kappa shape index (κ2) is 7.49. The summed E-state index contributed by atoms with van der Waals surface area (Å²) in [6.45, 7) is 11.2. The maximum atomic E-state index is 12.0. The Morgan fingerprint density at radius 2 is 1.88 bits per heavy atom. The number of carbonyl (C=O) groups is 1. The van der Waals surface area contributed by atoms with Crippen LogP contribution in [0.25, 0.3) is 0 Å². The first kappa shape index (κ1) is 15.2. The molecule has 0 aromatic heterocycles. The minimum absolute atomic E-state index is 0.239. The average molecular weight is 248 g/mol. The molecule has 5 nitrogen and oxygen atoms in total. The van der Waals surface area contributed by atoms with Crippen LogP contribution in [-0.4, -0.2) is 43.1 Å². The van der Waals surface area contributed by atoms with Gasteiger partial charge in [0.25, 0.3) is 0 Å². The lowest BCUT2D eigenvalue weighted by molar-refractivity contribution is -0.428. The normalized spacial score (nSPS) is 11.1. The summed E-state index contributed by atoms with van der Waals surface area (Å²) in [6, 6.07) is 0. The summed E-state index contributed by atoms with van der Waals surface area (Å²) >= 11 is 0. The van der Waals surface area contributed by atoms with Gasteiger partial charge in [-0.3, -0.25) is 4.57 Å². The molecule has 0 rings (SSSR count). The largest absolute Gasteiger partial charge is 0.398 e. The van der Waals surface area contributed by atoms with Crippen LogP contribution in [0.3, 0.4) is 0 Å². The van der Waals surface area contributed by atoms with Gasteiger partial charge in [0.15, 0.2) is 12.7 Å². The van der Waals surface area contributed by atoms with Crippen molar-refractivity contribution in [3.05, 3.63) is 12.7 Å². The van der Waals surface area contributed by atoms with E-state index in [0.29, 0.717) is 6.54 Å². The first-order valence-corrected chi connectivity index (χ1v) is 6.81. The molecule has 0 aliphatic carbocycles. The Morgan fingerprint density at radius 1 is 1.38 bits per heavy atom. The molecule has 0 aliphatic rings. The van der Waals surface area contributed by atoms with Crippen molar-refractivity contribution in [3.63, 3.8) is 0 Å². The highest BCUT2D eigenvalue weighted by atomic mass is 31.2. The van der Waals surface area contributed by atoms with Gasteiger partial charge in [-0.1, -0.05) is 6.58 Å². The van der Waals surface area contributed by atoms with Gasteiger partial charge >= 0.3 is 13.5 Å². The fraction of sp³-hybridized carbons (Fsp3) is 0.600. The zero-order valence-corrected chi connectivity index (χ0v) is 10.7. The molecule has 0 N–H and O–H groups in total. The number of amides is 1. The van der Waals surface area contributed by atoms with Crippen LogP contribution in [0, 0.1) is 0 Å². The van der Waals surface area contributed by atoms with E-state index >= 15 is 0 Å². The number of nitrogens with zero attached hydrogens (tertiary/aromatic N) is 1. The molecule has 0 radical (unpaired) electrons. The highest BCUT2D eigenvalue weighted by molar-refractivity contribution is 7.54. The topological polar surface area (TPSA) is 55.6 Å². The van der Waals surface area contributed by atoms with E-state index in [-0.39, 0.29) is 25.3 Å². The van der Waals surface area contributed by atoms with Crippen LogP contribution in [0.2, 0.25) is 0 Å². The smallest absolute Gasteiger partial charge is 0.308 e. The Bertz CT molecular complexity index is 304. The monoisotopic (exact) mass is 248 g/mol. The van der Waals surface area contributed by atoms with Crippen molar-refractivity contribution in [3.8, 4) is 0 Å². The zero-order chi connectivity index (χ0) is 12.6. The fourth-order valence-electron chi connectivity index (χ4n) is 1.05. The van der Waals surface area contributed by atoms with Crippen molar-refractivity contribution in [1.82, 2.24) is 0 Å². The number of rotatable bonds is 8. The van der Waals surface area contributed by atoms with Gasteiger partial charge in [-0.05, 0) is 19.9 Å². The van der Waals surface area contributed by atoms with Gasteiger partial charge in [0.05, 0.1) is 13.2 Å². The fourth-order valence-corrected chi connectivity index (χ4v) is 2.62. The quantitative estimate of drug-likeness (QED) is 0.284. The van der Waals surface area contributed by atoms with Gasteiger partial charge in [0.2, 0.25) is 0 Å². The summed E-state index contributed by atoms with van der Waals surface area (Å²) in [6.07, 6.45) is 1.25. The molecule has 0 fully saturated rings. The molecular weight excluding hydrogens is 229 g/mol. The summed E-state index contributed by atoms with van der Waals surface area (Å²) in [4.78, 5) is 11.6. The molecule has 0 bridgehead atoms. The maximum Gasteiger partial charge on any atom is 0.398 e. The van der Waals surface area contributed by atoms with Crippen molar-refractivity contribution >= 4 is 20.2 Å².